The fourth-order valence-corrected chi connectivity index (χ4v) is 3.67. The molecule has 0 aliphatic carbocycles. The monoisotopic (exact) mass is 443 g/mol. The number of carbonyl (C=O) groups is 1. The van der Waals surface area contributed by atoms with Crippen LogP contribution in [0.15, 0.2) is 18.2 Å². The predicted molar refractivity (Wildman–Crippen MR) is 112 cm³/mol. The number of halogens is 4. The van der Waals surface area contributed by atoms with Crippen molar-refractivity contribution in [3.63, 3.8) is 0 Å². The van der Waals surface area contributed by atoms with E-state index in [1.165, 1.54) is 12.1 Å². The van der Waals surface area contributed by atoms with Crippen LogP contribution >= 0.6 is 36.4 Å². The molecular weight excluding hydrogens is 416 g/mol. The summed E-state index contributed by atoms with van der Waals surface area (Å²) < 4.78 is 19.7. The Labute approximate surface area is 178 Å². The first-order valence-corrected chi connectivity index (χ1v) is 8.86. The largest absolute Gasteiger partial charge is 0.384 e. The molecule has 1 aromatic carbocycles. The summed E-state index contributed by atoms with van der Waals surface area (Å²) in [6.07, 6.45) is 1.85. The molecule has 9 heteroatoms. The van der Waals surface area contributed by atoms with Gasteiger partial charge in [-0.15, -0.1) is 24.8 Å². The Morgan fingerprint density at radius 1 is 1.37 bits per heavy atom. The number of amides is 1. The standard InChI is InChI=1S/C18H27ClFN3O2.2ClH/c1-23(2)16(15-13(19)5-4-6-14(15)20)17(24)22-11-18(12-25-3)7-9-21-10-8-18;;/h4-6,16,21H,7-12H2,1-3H3,(H,22,24);2*1H. The first-order valence-electron chi connectivity index (χ1n) is 8.48. The average molecular weight is 445 g/mol. The second kappa shape index (κ2) is 12.0. The van der Waals surface area contributed by atoms with E-state index < -0.39 is 11.9 Å². The number of carbonyl (C=O) groups excluding carboxylic acids is 1. The van der Waals surface area contributed by atoms with Crippen LogP contribution in [0.2, 0.25) is 5.02 Å². The SMILES string of the molecule is COCC1(CNC(=O)C(c2c(F)cccc2Cl)N(C)C)CCNCC1.Cl.Cl. The highest BCUT2D eigenvalue weighted by Crippen LogP contribution is 2.31. The predicted octanol–water partition coefficient (Wildman–Crippen LogP) is 3.06. The lowest BCUT2D eigenvalue weighted by Crippen LogP contribution is -2.49. The highest BCUT2D eigenvalue weighted by Gasteiger charge is 2.34. The van der Waals surface area contributed by atoms with E-state index in [0.717, 1.165) is 25.9 Å². The van der Waals surface area contributed by atoms with E-state index in [1.54, 1.807) is 32.2 Å². The number of nitrogens with one attached hydrogen (secondary N) is 2. The first kappa shape index (κ1) is 26.4. The molecule has 1 heterocycles. The Morgan fingerprint density at radius 3 is 2.52 bits per heavy atom. The highest BCUT2D eigenvalue weighted by molar-refractivity contribution is 6.31. The fraction of sp³-hybridized carbons (Fsp3) is 0.611. The van der Waals surface area contributed by atoms with Gasteiger partial charge in [-0.25, -0.2) is 4.39 Å². The van der Waals surface area contributed by atoms with Crippen molar-refractivity contribution in [3.8, 4) is 0 Å². The lowest BCUT2D eigenvalue weighted by Gasteiger charge is -2.37. The molecule has 5 nitrogen and oxygen atoms in total. The van der Waals surface area contributed by atoms with Crippen LogP contribution in [0.4, 0.5) is 4.39 Å². The minimum atomic E-state index is -0.782. The molecular formula is C18H29Cl3FN3O2. The van der Waals surface area contributed by atoms with E-state index in [1.807, 2.05) is 0 Å². The number of hydrogen-bond acceptors (Lipinski definition) is 4. The summed E-state index contributed by atoms with van der Waals surface area (Å²) in [5.41, 5.74) is 0.115. The third kappa shape index (κ3) is 6.73. The molecule has 1 unspecified atom stereocenters. The number of benzene rings is 1. The van der Waals surface area contributed by atoms with Crippen LogP contribution in [0.5, 0.6) is 0 Å². The number of hydrogen-bond donors (Lipinski definition) is 2. The third-order valence-electron chi connectivity index (χ3n) is 4.79. The van der Waals surface area contributed by atoms with Gasteiger partial charge in [-0.05, 0) is 52.2 Å². The molecule has 156 valence electrons. The number of nitrogens with zero attached hydrogens (tertiary/aromatic N) is 1. The van der Waals surface area contributed by atoms with Gasteiger partial charge in [-0.1, -0.05) is 17.7 Å². The van der Waals surface area contributed by atoms with E-state index in [2.05, 4.69) is 10.6 Å². The van der Waals surface area contributed by atoms with Gasteiger partial charge in [0.05, 0.1) is 6.61 Å². The van der Waals surface area contributed by atoms with Gasteiger partial charge >= 0.3 is 0 Å². The molecule has 2 rings (SSSR count). The summed E-state index contributed by atoms with van der Waals surface area (Å²) in [5, 5.41) is 6.57. The number of methoxy groups -OCH3 is 1. The average Bonchev–Trinajstić information content (AvgIpc) is 2.57. The van der Waals surface area contributed by atoms with Gasteiger partial charge in [0.1, 0.15) is 11.9 Å². The summed E-state index contributed by atoms with van der Waals surface area (Å²) in [7, 11) is 5.15. The maximum atomic E-state index is 14.3. The molecule has 1 aromatic rings. The zero-order valence-electron chi connectivity index (χ0n) is 15.9. The normalized spacial score (nSPS) is 16.8. The molecule has 0 aromatic heterocycles. The Balaban J connectivity index is 0.00000338. The van der Waals surface area contributed by atoms with Crippen LogP contribution in [0, 0.1) is 11.2 Å². The Bertz CT molecular complexity index is 573. The Kier molecular flexibility index (Phi) is 11.8. The quantitative estimate of drug-likeness (QED) is 0.679. The van der Waals surface area contributed by atoms with Crippen molar-refractivity contribution in [3.05, 3.63) is 34.6 Å². The molecule has 1 saturated heterocycles. The zero-order valence-corrected chi connectivity index (χ0v) is 18.3. The molecule has 0 spiro atoms. The van der Waals surface area contributed by atoms with Gasteiger partial charge in [-0.3, -0.25) is 9.69 Å². The minimum Gasteiger partial charge on any atom is -0.384 e. The van der Waals surface area contributed by atoms with Crippen molar-refractivity contribution in [1.82, 2.24) is 15.5 Å². The van der Waals surface area contributed by atoms with E-state index in [0.29, 0.717) is 13.2 Å². The Hall–Kier alpha value is -0.630. The van der Waals surface area contributed by atoms with Crippen molar-refractivity contribution in [2.75, 3.05) is 47.4 Å². The molecule has 0 saturated carbocycles. The lowest BCUT2D eigenvalue weighted by atomic mass is 9.79. The van der Waals surface area contributed by atoms with Crippen LogP contribution in [0.25, 0.3) is 0 Å². The molecule has 1 fully saturated rings. The van der Waals surface area contributed by atoms with Crippen molar-refractivity contribution in [1.29, 1.82) is 0 Å². The summed E-state index contributed by atoms with van der Waals surface area (Å²) >= 11 is 6.16. The van der Waals surface area contributed by atoms with Gasteiger partial charge < -0.3 is 15.4 Å². The maximum Gasteiger partial charge on any atom is 0.242 e. The van der Waals surface area contributed by atoms with Gasteiger partial charge in [-0.2, -0.15) is 0 Å². The van der Waals surface area contributed by atoms with Crippen LogP contribution in [0.3, 0.4) is 0 Å². The number of ether oxygens (including phenoxy) is 1. The number of rotatable bonds is 7. The summed E-state index contributed by atoms with van der Waals surface area (Å²) in [4.78, 5) is 14.5. The van der Waals surface area contributed by atoms with Gasteiger partial charge in [0.2, 0.25) is 5.91 Å². The van der Waals surface area contributed by atoms with Gasteiger partial charge in [0, 0.05) is 29.7 Å². The van der Waals surface area contributed by atoms with Crippen molar-refractivity contribution < 1.29 is 13.9 Å². The van der Waals surface area contributed by atoms with Crippen molar-refractivity contribution in [2.45, 2.75) is 18.9 Å². The van der Waals surface area contributed by atoms with Crippen LogP contribution < -0.4 is 10.6 Å². The molecule has 1 atom stereocenters. The van der Waals surface area contributed by atoms with Crippen molar-refractivity contribution in [2.24, 2.45) is 5.41 Å². The molecule has 0 radical (unpaired) electrons. The Morgan fingerprint density at radius 2 is 2.00 bits per heavy atom. The summed E-state index contributed by atoms with van der Waals surface area (Å²) in [6.45, 7) is 2.88. The van der Waals surface area contributed by atoms with E-state index in [4.69, 9.17) is 16.3 Å². The van der Waals surface area contributed by atoms with E-state index in [-0.39, 0.29) is 46.7 Å². The molecule has 1 amide bonds. The van der Waals surface area contributed by atoms with Gasteiger partial charge in [0.15, 0.2) is 0 Å². The fourth-order valence-electron chi connectivity index (χ4n) is 3.40. The molecule has 1 aliphatic rings. The first-order chi connectivity index (χ1) is 11.9. The maximum absolute atomic E-state index is 14.3. The third-order valence-corrected chi connectivity index (χ3v) is 5.12. The second-order valence-electron chi connectivity index (χ2n) is 6.90. The van der Waals surface area contributed by atoms with E-state index >= 15 is 0 Å². The lowest BCUT2D eigenvalue weighted by molar-refractivity contribution is -0.126. The number of likely N-dealkylation sites (N-methyl/N-ethyl adjacent to an activating group) is 1. The molecule has 0 bridgehead atoms. The number of piperidine rings is 1. The van der Waals surface area contributed by atoms with Crippen LogP contribution in [-0.4, -0.2) is 58.3 Å². The zero-order chi connectivity index (χ0) is 18.4. The molecule has 27 heavy (non-hydrogen) atoms. The van der Waals surface area contributed by atoms with Crippen LogP contribution in [0.1, 0.15) is 24.4 Å². The highest BCUT2D eigenvalue weighted by atomic mass is 35.5. The second-order valence-corrected chi connectivity index (χ2v) is 7.31. The summed E-state index contributed by atoms with van der Waals surface area (Å²) in [5.74, 6) is -0.735. The molecule has 1 aliphatic heterocycles. The smallest absolute Gasteiger partial charge is 0.242 e. The van der Waals surface area contributed by atoms with E-state index in [9.17, 15) is 9.18 Å². The topological polar surface area (TPSA) is 53.6 Å². The van der Waals surface area contributed by atoms with Crippen LogP contribution in [-0.2, 0) is 9.53 Å². The molecule has 2 N–H and O–H groups in total. The minimum absolute atomic E-state index is 0. The summed E-state index contributed by atoms with van der Waals surface area (Å²) in [6, 6.07) is 3.68. The van der Waals surface area contributed by atoms with Gasteiger partial charge in [0.25, 0.3) is 0 Å². The van der Waals surface area contributed by atoms with Crippen molar-refractivity contribution >= 4 is 42.3 Å².